The Morgan fingerprint density at radius 2 is 2.04 bits per heavy atom. The molecule has 3 heterocycles. The van der Waals surface area contributed by atoms with Crippen LogP contribution in [0, 0.1) is 0 Å². The molecule has 1 unspecified atom stereocenters. The molecule has 144 valence electrons. The number of likely N-dealkylation sites (tertiary alicyclic amines) is 1. The van der Waals surface area contributed by atoms with Gasteiger partial charge < -0.3 is 18.6 Å². The lowest BCUT2D eigenvalue weighted by atomic mass is 9.86. The van der Waals surface area contributed by atoms with E-state index >= 15 is 0 Å². The van der Waals surface area contributed by atoms with Crippen LogP contribution < -0.4 is 5.59 Å². The Kier molecular flexibility index (Phi) is 2.58. The second kappa shape index (κ2) is 6.27. The van der Waals surface area contributed by atoms with Gasteiger partial charge in [0.25, 0.3) is 0 Å². The maximum Gasteiger partial charge on any atom is 0.516 e. The normalized spacial score (nSPS) is 38.7. The molecule has 0 aliphatic carbocycles. The first kappa shape index (κ1) is 10.7. The molecule has 0 N–H and O–H groups in total. The Bertz CT molecular complexity index is 1040. The highest BCUT2D eigenvalue weighted by molar-refractivity contribution is 6.61. The number of carbonyl (C=O) groups is 1. The van der Waals surface area contributed by atoms with Crippen LogP contribution in [-0.2, 0) is 14.0 Å². The number of hydrogen-bond donors (Lipinski definition) is 0. The van der Waals surface area contributed by atoms with E-state index in [1.165, 1.54) is 20.8 Å². The van der Waals surface area contributed by atoms with Crippen molar-refractivity contribution in [2.45, 2.75) is 84.2 Å². The highest BCUT2D eigenvalue weighted by Crippen LogP contribution is 2.36. The minimum atomic E-state index is -3.47. The second-order valence-corrected chi connectivity index (χ2v) is 8.13. The van der Waals surface area contributed by atoms with Crippen LogP contribution in [0.3, 0.4) is 0 Å². The lowest BCUT2D eigenvalue weighted by Gasteiger charge is -2.32. The van der Waals surface area contributed by atoms with Crippen LogP contribution >= 0.6 is 0 Å². The van der Waals surface area contributed by atoms with Gasteiger partial charge in [-0.3, -0.25) is 4.90 Å². The zero-order valence-electron chi connectivity index (χ0n) is 25.1. The fraction of sp³-hybridized carbons (Fsp3) is 0.778. The molecular weight excluding hydrogens is 333 g/mol. The molecule has 2 saturated heterocycles. The van der Waals surface area contributed by atoms with Crippen molar-refractivity contribution < 1.29 is 31.2 Å². The van der Waals surface area contributed by atoms with Gasteiger partial charge in [0, 0.05) is 20.9 Å². The molecule has 1 aromatic rings. The molecule has 3 rings (SSSR count). The summed E-state index contributed by atoms with van der Waals surface area (Å²) in [6.07, 6.45) is -13.4. The summed E-state index contributed by atoms with van der Waals surface area (Å²) in [5, 5.41) is 0. The van der Waals surface area contributed by atoms with E-state index in [2.05, 4.69) is 4.98 Å². The average molecular weight is 372 g/mol. The molecule has 8 heteroatoms. The van der Waals surface area contributed by atoms with Crippen LogP contribution in [-0.4, -0.2) is 51.0 Å². The fourth-order valence-corrected chi connectivity index (χ4v) is 2.27. The van der Waals surface area contributed by atoms with Gasteiger partial charge >= 0.3 is 13.2 Å². The zero-order chi connectivity index (χ0) is 27.4. The lowest BCUT2D eigenvalue weighted by molar-refractivity contribution is 0.00578. The van der Waals surface area contributed by atoms with E-state index in [9.17, 15) is 4.79 Å². The molecule has 1 aromatic heterocycles. The summed E-state index contributed by atoms with van der Waals surface area (Å²) in [7, 11) is -1.28. The van der Waals surface area contributed by atoms with E-state index in [1.807, 2.05) is 0 Å². The van der Waals surface area contributed by atoms with Gasteiger partial charge in [-0.25, -0.2) is 9.78 Å². The Morgan fingerprint density at radius 3 is 2.62 bits per heavy atom. The van der Waals surface area contributed by atoms with Crippen molar-refractivity contribution in [1.82, 2.24) is 14.5 Å². The van der Waals surface area contributed by atoms with E-state index in [0.29, 0.717) is 4.57 Å². The summed E-state index contributed by atoms with van der Waals surface area (Å²) < 4.78 is 93.2. The van der Waals surface area contributed by atoms with E-state index in [-0.39, 0.29) is 10.5 Å². The molecule has 2 aliphatic rings. The van der Waals surface area contributed by atoms with Gasteiger partial charge in [-0.05, 0) is 61.2 Å². The number of ether oxygens (including phenoxy) is 1. The van der Waals surface area contributed by atoms with Crippen LogP contribution in [0.4, 0.5) is 4.79 Å². The molecule has 7 nitrogen and oxygen atoms in total. The first-order valence-corrected chi connectivity index (χ1v) is 8.32. The standard InChI is InChI=1S/C18H30BN3O4/c1-16(2,3)24-15(23)22-10-8-9-14(22)21-11-13(20-12-21)19-25-17(4,5)18(6,7)26-19/h11-12,14H,8-10H2,1-7H3/i8D2,9D2,10D2,11D,12D,14D. The van der Waals surface area contributed by atoms with Crippen LogP contribution in [0.2, 0.25) is 0 Å². The van der Waals surface area contributed by atoms with E-state index in [0.717, 1.165) is 0 Å². The van der Waals surface area contributed by atoms with Gasteiger partial charge in [-0.15, -0.1) is 0 Å². The van der Waals surface area contributed by atoms with E-state index in [4.69, 9.17) is 26.4 Å². The molecule has 0 saturated carbocycles. The van der Waals surface area contributed by atoms with Gasteiger partial charge in [-0.2, -0.15) is 0 Å². The zero-order valence-corrected chi connectivity index (χ0v) is 16.1. The minimum Gasteiger partial charge on any atom is -0.444 e. The summed E-state index contributed by atoms with van der Waals surface area (Å²) in [6.45, 7) is 7.94. The Labute approximate surface area is 168 Å². The lowest BCUT2D eigenvalue weighted by Crippen LogP contribution is -2.41. The van der Waals surface area contributed by atoms with Gasteiger partial charge in [0.05, 0.1) is 25.8 Å². The number of aromatic nitrogens is 2. The maximum atomic E-state index is 13.1. The van der Waals surface area contributed by atoms with E-state index < -0.39 is 67.9 Å². The Hall–Kier alpha value is -1.54. The quantitative estimate of drug-likeness (QED) is 0.747. The topological polar surface area (TPSA) is 65.8 Å². The third kappa shape index (κ3) is 3.62. The molecule has 1 amide bonds. The summed E-state index contributed by atoms with van der Waals surface area (Å²) in [5.41, 5.74) is -3.21. The molecule has 0 aromatic carbocycles. The number of amides is 1. The Balaban J connectivity index is 2.26. The molecular formula is C18H30BN3O4. The molecule has 1 atom stereocenters. The van der Waals surface area contributed by atoms with Gasteiger partial charge in [0.1, 0.15) is 13.1 Å². The number of imidazole rings is 1. The number of hydrogen-bond acceptors (Lipinski definition) is 5. The smallest absolute Gasteiger partial charge is 0.444 e. The van der Waals surface area contributed by atoms with Crippen molar-refractivity contribution in [2.75, 3.05) is 6.50 Å². The van der Waals surface area contributed by atoms with Crippen molar-refractivity contribution in [3.63, 3.8) is 0 Å². The largest absolute Gasteiger partial charge is 0.516 e. The van der Waals surface area contributed by atoms with Crippen LogP contribution in [0.5, 0.6) is 0 Å². The van der Waals surface area contributed by atoms with E-state index in [1.54, 1.807) is 27.7 Å². The van der Waals surface area contributed by atoms with Crippen LogP contribution in [0.25, 0.3) is 0 Å². The number of rotatable bonds is 2. The predicted molar refractivity (Wildman–Crippen MR) is 99.2 cm³/mol. The summed E-state index contributed by atoms with van der Waals surface area (Å²) >= 11 is 0. The first-order chi connectivity index (χ1) is 15.4. The third-order valence-electron chi connectivity index (χ3n) is 4.31. The SMILES string of the molecule is [2H]c1nc(B2OC(C)(C)C(C)(C)O2)c([2H])n1C1([2H])N(C(=O)OC(C)(C)C)C([2H])([2H])C([2H])([2H])C1([2H])[2H]. The molecule has 0 bridgehead atoms. The van der Waals surface area contributed by atoms with Crippen molar-refractivity contribution in [3.05, 3.63) is 12.5 Å². The van der Waals surface area contributed by atoms with Crippen LogP contribution in [0.15, 0.2) is 12.5 Å². The summed E-state index contributed by atoms with van der Waals surface area (Å²) in [5.74, 6) is 0. The molecule has 2 aliphatic heterocycles. The first-order valence-electron chi connectivity index (χ1n) is 12.8. The molecule has 0 radical (unpaired) electrons. The minimum absolute atomic E-state index is 0.0446. The van der Waals surface area contributed by atoms with Gasteiger partial charge in [0.2, 0.25) is 0 Å². The maximum absolute atomic E-state index is 13.1. The van der Waals surface area contributed by atoms with Crippen molar-refractivity contribution in [2.24, 2.45) is 0 Å². The average Bonchev–Trinajstić information content (AvgIpc) is 3.06. The third-order valence-corrected chi connectivity index (χ3v) is 4.31. The van der Waals surface area contributed by atoms with Gasteiger partial charge in [-0.1, -0.05) is 0 Å². The van der Waals surface area contributed by atoms with Crippen molar-refractivity contribution >= 4 is 18.8 Å². The molecule has 26 heavy (non-hydrogen) atoms. The predicted octanol–water partition coefficient (Wildman–Crippen LogP) is 2.71. The Morgan fingerprint density at radius 1 is 1.42 bits per heavy atom. The summed E-state index contributed by atoms with van der Waals surface area (Å²) in [6, 6.07) is 0. The highest BCUT2D eigenvalue weighted by atomic mass is 16.7. The number of carbonyl (C=O) groups excluding carboxylic acids is 1. The van der Waals surface area contributed by atoms with Crippen molar-refractivity contribution in [1.29, 1.82) is 0 Å². The second-order valence-electron chi connectivity index (χ2n) is 8.13. The summed E-state index contributed by atoms with van der Waals surface area (Å²) in [4.78, 5) is 17.0. The number of nitrogens with zero attached hydrogens (tertiary/aromatic N) is 3. The van der Waals surface area contributed by atoms with Crippen LogP contribution in [0.1, 0.15) is 79.7 Å². The van der Waals surface area contributed by atoms with Crippen molar-refractivity contribution in [3.8, 4) is 0 Å². The molecule has 0 spiro atoms. The molecule has 2 fully saturated rings. The van der Waals surface area contributed by atoms with Gasteiger partial charge in [0.15, 0.2) is 0 Å². The highest BCUT2D eigenvalue weighted by Gasteiger charge is 2.52. The monoisotopic (exact) mass is 372 g/mol. The fourth-order valence-electron chi connectivity index (χ4n) is 2.27.